The zero-order valence-corrected chi connectivity index (χ0v) is 15.0. The van der Waals surface area contributed by atoms with Gasteiger partial charge >= 0.3 is 0 Å². The predicted molar refractivity (Wildman–Crippen MR) is 100.0 cm³/mol. The van der Waals surface area contributed by atoms with Crippen molar-refractivity contribution in [3.8, 4) is 0 Å². The third kappa shape index (κ3) is 2.82. The third-order valence-corrected chi connectivity index (χ3v) is 5.35. The van der Waals surface area contributed by atoms with Gasteiger partial charge in [0.25, 0.3) is 0 Å². The highest BCUT2D eigenvalue weighted by atomic mass is 16.1. The molecule has 1 aliphatic carbocycles. The summed E-state index contributed by atoms with van der Waals surface area (Å²) in [6.07, 6.45) is 4.58. The molecule has 0 bridgehead atoms. The van der Waals surface area contributed by atoms with Gasteiger partial charge in [0, 0.05) is 29.9 Å². The van der Waals surface area contributed by atoms with E-state index in [0.717, 1.165) is 41.9 Å². The van der Waals surface area contributed by atoms with Crippen LogP contribution in [-0.2, 0) is 17.6 Å². The second-order valence-electron chi connectivity index (χ2n) is 7.12. The van der Waals surface area contributed by atoms with Crippen LogP contribution in [0.2, 0.25) is 0 Å². The monoisotopic (exact) mass is 333 g/mol. The topological polar surface area (TPSA) is 46.4 Å². The standard InChI is InChI=1S/C21H23N3O/c1-13-7-10-20-22-18-9-8-16(11-19(18)24(20)12-13)21(25)23-17-6-4-5-14(2)15(17)3/h4-7,10,12,16H,8-9,11H2,1-3H3,(H,23,25). The minimum atomic E-state index is -0.00664. The highest BCUT2D eigenvalue weighted by Crippen LogP contribution is 2.28. The fourth-order valence-electron chi connectivity index (χ4n) is 3.66. The van der Waals surface area contributed by atoms with E-state index in [9.17, 15) is 4.79 Å². The molecule has 1 N–H and O–H groups in total. The maximum Gasteiger partial charge on any atom is 0.227 e. The first-order valence-corrected chi connectivity index (χ1v) is 8.86. The molecule has 1 aromatic carbocycles. The molecular formula is C21H23N3O. The second-order valence-corrected chi connectivity index (χ2v) is 7.12. The summed E-state index contributed by atoms with van der Waals surface area (Å²) in [7, 11) is 0. The number of pyridine rings is 1. The summed E-state index contributed by atoms with van der Waals surface area (Å²) in [5.41, 5.74) is 7.76. The molecule has 0 saturated heterocycles. The van der Waals surface area contributed by atoms with Gasteiger partial charge in [0.05, 0.1) is 5.69 Å². The number of carbonyl (C=O) groups excluding carboxylic acids is 1. The van der Waals surface area contributed by atoms with E-state index < -0.39 is 0 Å². The van der Waals surface area contributed by atoms with Gasteiger partial charge in [-0.3, -0.25) is 4.79 Å². The van der Waals surface area contributed by atoms with E-state index in [1.165, 1.54) is 16.8 Å². The Morgan fingerprint density at radius 3 is 2.88 bits per heavy atom. The Kier molecular flexibility index (Phi) is 3.83. The zero-order chi connectivity index (χ0) is 17.6. The Morgan fingerprint density at radius 1 is 1.20 bits per heavy atom. The van der Waals surface area contributed by atoms with Gasteiger partial charge < -0.3 is 9.72 Å². The number of hydrogen-bond acceptors (Lipinski definition) is 2. The molecule has 0 saturated carbocycles. The van der Waals surface area contributed by atoms with E-state index in [1.807, 2.05) is 12.1 Å². The van der Waals surface area contributed by atoms with E-state index in [1.54, 1.807) is 0 Å². The number of anilines is 1. The fraction of sp³-hybridized carbons (Fsp3) is 0.333. The summed E-state index contributed by atoms with van der Waals surface area (Å²) >= 11 is 0. The predicted octanol–water partition coefficient (Wildman–Crippen LogP) is 4.00. The first kappa shape index (κ1) is 15.9. The fourth-order valence-corrected chi connectivity index (χ4v) is 3.66. The van der Waals surface area contributed by atoms with Crippen molar-refractivity contribution >= 4 is 17.2 Å². The molecule has 128 valence electrons. The van der Waals surface area contributed by atoms with Crippen molar-refractivity contribution in [2.45, 2.75) is 40.0 Å². The van der Waals surface area contributed by atoms with E-state index >= 15 is 0 Å². The van der Waals surface area contributed by atoms with Crippen LogP contribution in [0.15, 0.2) is 36.5 Å². The van der Waals surface area contributed by atoms with Crippen LogP contribution in [0.5, 0.6) is 0 Å². The number of aromatic nitrogens is 2. The van der Waals surface area contributed by atoms with E-state index in [-0.39, 0.29) is 11.8 Å². The van der Waals surface area contributed by atoms with Crippen molar-refractivity contribution in [1.82, 2.24) is 9.38 Å². The first-order chi connectivity index (χ1) is 12.0. The number of aryl methyl sites for hydroxylation is 3. The number of nitrogens with zero attached hydrogens (tertiary/aromatic N) is 2. The van der Waals surface area contributed by atoms with Gasteiger partial charge in [0.15, 0.2) is 0 Å². The molecule has 0 radical (unpaired) electrons. The van der Waals surface area contributed by atoms with Crippen LogP contribution in [-0.4, -0.2) is 15.3 Å². The van der Waals surface area contributed by atoms with Gasteiger partial charge in [-0.25, -0.2) is 4.98 Å². The van der Waals surface area contributed by atoms with Crippen LogP contribution >= 0.6 is 0 Å². The molecule has 1 unspecified atom stereocenters. The molecule has 0 aliphatic heterocycles. The van der Waals surface area contributed by atoms with Crippen molar-refractivity contribution in [3.63, 3.8) is 0 Å². The number of imidazole rings is 1. The number of nitrogens with one attached hydrogen (secondary N) is 1. The Balaban J connectivity index is 1.59. The number of hydrogen-bond donors (Lipinski definition) is 1. The Hall–Kier alpha value is -2.62. The molecule has 2 heterocycles. The minimum Gasteiger partial charge on any atom is -0.326 e. The summed E-state index contributed by atoms with van der Waals surface area (Å²) in [6.45, 7) is 6.20. The minimum absolute atomic E-state index is 0.00664. The molecule has 0 spiro atoms. The van der Waals surface area contributed by atoms with Crippen molar-refractivity contribution < 1.29 is 4.79 Å². The zero-order valence-electron chi connectivity index (χ0n) is 15.0. The molecule has 1 amide bonds. The highest BCUT2D eigenvalue weighted by molar-refractivity contribution is 5.93. The van der Waals surface area contributed by atoms with Crippen LogP contribution in [0.25, 0.3) is 5.65 Å². The van der Waals surface area contributed by atoms with Gasteiger partial charge in [-0.2, -0.15) is 0 Å². The molecular weight excluding hydrogens is 310 g/mol. The molecule has 25 heavy (non-hydrogen) atoms. The number of benzene rings is 1. The summed E-state index contributed by atoms with van der Waals surface area (Å²) < 4.78 is 2.15. The van der Waals surface area contributed by atoms with E-state index in [4.69, 9.17) is 4.98 Å². The van der Waals surface area contributed by atoms with Gasteiger partial charge in [-0.1, -0.05) is 18.2 Å². The Bertz CT molecular complexity index is 971. The quantitative estimate of drug-likeness (QED) is 0.770. The van der Waals surface area contributed by atoms with E-state index in [2.05, 4.69) is 54.9 Å². The second kappa shape index (κ2) is 6.03. The lowest BCUT2D eigenvalue weighted by atomic mass is 9.89. The van der Waals surface area contributed by atoms with Gasteiger partial charge in [0.2, 0.25) is 5.91 Å². The van der Waals surface area contributed by atoms with Crippen molar-refractivity contribution in [2.24, 2.45) is 5.92 Å². The average Bonchev–Trinajstić information content (AvgIpc) is 2.96. The molecule has 1 atom stereocenters. The molecule has 1 aliphatic rings. The number of rotatable bonds is 2. The first-order valence-electron chi connectivity index (χ1n) is 8.86. The molecule has 2 aromatic heterocycles. The summed E-state index contributed by atoms with van der Waals surface area (Å²) in [6, 6.07) is 10.2. The van der Waals surface area contributed by atoms with Gasteiger partial charge in [0.1, 0.15) is 5.65 Å². The van der Waals surface area contributed by atoms with Crippen molar-refractivity contribution in [1.29, 1.82) is 0 Å². The molecule has 4 nitrogen and oxygen atoms in total. The number of carbonyl (C=O) groups is 1. The largest absolute Gasteiger partial charge is 0.326 e. The van der Waals surface area contributed by atoms with Crippen molar-refractivity contribution in [2.75, 3.05) is 5.32 Å². The van der Waals surface area contributed by atoms with Crippen LogP contribution < -0.4 is 5.32 Å². The third-order valence-electron chi connectivity index (χ3n) is 5.35. The maximum atomic E-state index is 12.8. The Labute approximate surface area is 147 Å². The lowest BCUT2D eigenvalue weighted by Crippen LogP contribution is -2.29. The average molecular weight is 333 g/mol. The Morgan fingerprint density at radius 2 is 2.04 bits per heavy atom. The summed E-state index contributed by atoms with van der Waals surface area (Å²) in [5.74, 6) is 0.106. The number of fused-ring (bicyclic) bond motifs is 3. The normalized spacial score (nSPS) is 16.7. The summed E-state index contributed by atoms with van der Waals surface area (Å²) in [5, 5.41) is 3.13. The maximum absolute atomic E-state index is 12.8. The van der Waals surface area contributed by atoms with Gasteiger partial charge in [-0.05, 0) is 62.4 Å². The van der Waals surface area contributed by atoms with Crippen LogP contribution in [0.3, 0.4) is 0 Å². The highest BCUT2D eigenvalue weighted by Gasteiger charge is 2.28. The number of amides is 1. The lowest BCUT2D eigenvalue weighted by molar-refractivity contribution is -0.120. The van der Waals surface area contributed by atoms with Crippen LogP contribution in [0.4, 0.5) is 5.69 Å². The molecule has 4 rings (SSSR count). The van der Waals surface area contributed by atoms with Crippen LogP contribution in [0.1, 0.15) is 34.5 Å². The van der Waals surface area contributed by atoms with Gasteiger partial charge in [-0.15, -0.1) is 0 Å². The lowest BCUT2D eigenvalue weighted by Gasteiger charge is -2.22. The van der Waals surface area contributed by atoms with Crippen LogP contribution in [0, 0.1) is 26.7 Å². The molecule has 4 heteroatoms. The van der Waals surface area contributed by atoms with Crippen molar-refractivity contribution in [3.05, 3.63) is 64.6 Å². The molecule has 3 aromatic rings. The summed E-state index contributed by atoms with van der Waals surface area (Å²) in [4.78, 5) is 17.6. The smallest absolute Gasteiger partial charge is 0.227 e. The SMILES string of the molecule is Cc1ccc2nc3c(n2c1)CC(C(=O)Nc1cccc(C)c1C)CC3. The molecule has 0 fully saturated rings. The van der Waals surface area contributed by atoms with E-state index in [0.29, 0.717) is 0 Å².